The molecule has 6 heteroatoms. The maximum Gasteiger partial charge on any atom is 0.255 e. The highest BCUT2D eigenvalue weighted by atomic mass is 16.5. The van der Waals surface area contributed by atoms with Gasteiger partial charge in [0.05, 0.1) is 12.2 Å². The summed E-state index contributed by atoms with van der Waals surface area (Å²) in [6, 6.07) is 7.16. The molecule has 1 aromatic heterocycles. The van der Waals surface area contributed by atoms with Crippen LogP contribution in [0, 0.1) is 6.92 Å². The van der Waals surface area contributed by atoms with E-state index in [4.69, 9.17) is 9.26 Å². The van der Waals surface area contributed by atoms with Crippen molar-refractivity contribution in [3.05, 3.63) is 41.5 Å². The van der Waals surface area contributed by atoms with Gasteiger partial charge in [0.1, 0.15) is 5.75 Å². The van der Waals surface area contributed by atoms with E-state index in [1.807, 2.05) is 13.0 Å². The first-order valence-corrected chi connectivity index (χ1v) is 6.50. The van der Waals surface area contributed by atoms with Crippen LogP contribution in [0.3, 0.4) is 0 Å². The summed E-state index contributed by atoms with van der Waals surface area (Å²) in [5.41, 5.74) is 0.527. The Morgan fingerprint density at radius 3 is 2.90 bits per heavy atom. The summed E-state index contributed by atoms with van der Waals surface area (Å²) in [6.45, 7) is 4.57. The molecule has 0 atom stereocenters. The smallest absolute Gasteiger partial charge is 0.255 e. The molecule has 106 valence electrons. The third kappa shape index (κ3) is 3.57. The maximum atomic E-state index is 12.1. The van der Waals surface area contributed by atoms with Gasteiger partial charge in [0.15, 0.2) is 5.82 Å². The van der Waals surface area contributed by atoms with E-state index in [0.717, 1.165) is 0 Å². The van der Waals surface area contributed by atoms with Crippen molar-refractivity contribution >= 4 is 5.91 Å². The third-order valence-corrected chi connectivity index (χ3v) is 2.64. The van der Waals surface area contributed by atoms with E-state index in [1.165, 1.54) is 0 Å². The van der Waals surface area contributed by atoms with E-state index < -0.39 is 0 Å². The highest BCUT2D eigenvalue weighted by molar-refractivity contribution is 5.96. The van der Waals surface area contributed by atoms with E-state index >= 15 is 0 Å². The van der Waals surface area contributed by atoms with Crippen LogP contribution in [0.15, 0.2) is 28.8 Å². The number of hydrogen-bond acceptors (Lipinski definition) is 5. The molecular formula is C14H17N3O3. The Hall–Kier alpha value is -2.37. The molecule has 0 saturated heterocycles. The molecule has 0 fully saturated rings. The lowest BCUT2D eigenvalue weighted by atomic mass is 10.2. The zero-order valence-corrected chi connectivity index (χ0v) is 11.5. The van der Waals surface area contributed by atoms with E-state index in [0.29, 0.717) is 42.6 Å². The lowest BCUT2D eigenvalue weighted by Crippen LogP contribution is -2.26. The van der Waals surface area contributed by atoms with Gasteiger partial charge in [-0.3, -0.25) is 4.79 Å². The number of carbonyl (C=O) groups excluding carboxylic acids is 1. The summed E-state index contributed by atoms with van der Waals surface area (Å²) in [4.78, 5) is 16.2. The molecule has 1 heterocycles. The first kappa shape index (κ1) is 14.0. The molecular weight excluding hydrogens is 258 g/mol. The second-order valence-corrected chi connectivity index (χ2v) is 4.16. The molecule has 0 aliphatic heterocycles. The molecule has 2 aromatic rings. The van der Waals surface area contributed by atoms with Crippen LogP contribution in [0.1, 0.15) is 29.0 Å². The van der Waals surface area contributed by atoms with E-state index in [1.54, 1.807) is 25.1 Å². The number of amides is 1. The monoisotopic (exact) mass is 275 g/mol. The van der Waals surface area contributed by atoms with Gasteiger partial charge in [-0.05, 0) is 19.1 Å². The van der Waals surface area contributed by atoms with Gasteiger partial charge in [-0.15, -0.1) is 0 Å². The fourth-order valence-corrected chi connectivity index (χ4v) is 1.76. The number of carbonyl (C=O) groups is 1. The minimum absolute atomic E-state index is 0.172. The number of aromatic nitrogens is 2. The Balaban J connectivity index is 1.91. The van der Waals surface area contributed by atoms with Gasteiger partial charge in [0.25, 0.3) is 5.91 Å². The maximum absolute atomic E-state index is 12.1. The minimum Gasteiger partial charge on any atom is -0.493 e. The zero-order chi connectivity index (χ0) is 14.4. The van der Waals surface area contributed by atoms with Gasteiger partial charge in [-0.25, -0.2) is 0 Å². The molecule has 2 rings (SSSR count). The standard InChI is InChI=1S/C14H17N3O3/c1-3-19-12-7-5-4-6-11(12)14(18)15-9-8-13-16-10(2)20-17-13/h4-7H,3,8-9H2,1-2H3,(H,15,18). The molecule has 0 radical (unpaired) electrons. The highest BCUT2D eigenvalue weighted by Gasteiger charge is 2.11. The molecule has 0 saturated carbocycles. The molecule has 0 unspecified atom stereocenters. The first-order chi connectivity index (χ1) is 9.70. The van der Waals surface area contributed by atoms with Crippen LogP contribution >= 0.6 is 0 Å². The Morgan fingerprint density at radius 1 is 1.40 bits per heavy atom. The summed E-state index contributed by atoms with van der Waals surface area (Å²) in [7, 11) is 0. The average molecular weight is 275 g/mol. The average Bonchev–Trinajstić information content (AvgIpc) is 2.85. The van der Waals surface area contributed by atoms with Gasteiger partial charge in [-0.2, -0.15) is 4.98 Å². The summed E-state index contributed by atoms with van der Waals surface area (Å²) < 4.78 is 10.3. The molecule has 0 spiro atoms. The van der Waals surface area contributed by atoms with Crippen molar-refractivity contribution in [2.45, 2.75) is 20.3 Å². The van der Waals surface area contributed by atoms with E-state index in [-0.39, 0.29) is 5.91 Å². The molecule has 1 amide bonds. The number of ether oxygens (including phenoxy) is 1. The number of rotatable bonds is 6. The normalized spacial score (nSPS) is 10.3. The highest BCUT2D eigenvalue weighted by Crippen LogP contribution is 2.17. The molecule has 1 aromatic carbocycles. The predicted molar refractivity (Wildman–Crippen MR) is 72.7 cm³/mol. The number of hydrogen-bond donors (Lipinski definition) is 1. The second-order valence-electron chi connectivity index (χ2n) is 4.16. The van der Waals surface area contributed by atoms with Crippen molar-refractivity contribution in [3.8, 4) is 5.75 Å². The number of para-hydroxylation sites is 1. The molecule has 0 aliphatic rings. The SMILES string of the molecule is CCOc1ccccc1C(=O)NCCc1noc(C)n1. The van der Waals surface area contributed by atoms with Gasteiger partial charge >= 0.3 is 0 Å². The fraction of sp³-hybridized carbons (Fsp3) is 0.357. The second kappa shape index (κ2) is 6.70. The number of nitrogens with one attached hydrogen (secondary N) is 1. The van der Waals surface area contributed by atoms with Crippen molar-refractivity contribution in [1.82, 2.24) is 15.5 Å². The fourth-order valence-electron chi connectivity index (χ4n) is 1.76. The summed E-state index contributed by atoms with van der Waals surface area (Å²) in [5.74, 6) is 1.52. The molecule has 0 bridgehead atoms. The molecule has 1 N–H and O–H groups in total. The summed E-state index contributed by atoms with van der Waals surface area (Å²) in [5, 5.41) is 6.59. The number of benzene rings is 1. The van der Waals surface area contributed by atoms with Crippen LogP contribution < -0.4 is 10.1 Å². The lowest BCUT2D eigenvalue weighted by molar-refractivity contribution is 0.0950. The zero-order valence-electron chi connectivity index (χ0n) is 11.5. The van der Waals surface area contributed by atoms with Crippen LogP contribution in [0.2, 0.25) is 0 Å². The Bertz CT molecular complexity index is 581. The van der Waals surface area contributed by atoms with E-state index in [2.05, 4.69) is 15.5 Å². The molecule has 20 heavy (non-hydrogen) atoms. The van der Waals surface area contributed by atoms with Crippen molar-refractivity contribution < 1.29 is 14.1 Å². The van der Waals surface area contributed by atoms with Crippen LogP contribution in [0.4, 0.5) is 0 Å². The van der Waals surface area contributed by atoms with Crippen LogP contribution in [0.25, 0.3) is 0 Å². The Kier molecular flexibility index (Phi) is 4.70. The van der Waals surface area contributed by atoms with Gasteiger partial charge in [-0.1, -0.05) is 17.3 Å². The largest absolute Gasteiger partial charge is 0.493 e. The van der Waals surface area contributed by atoms with Gasteiger partial charge in [0.2, 0.25) is 5.89 Å². The number of aryl methyl sites for hydroxylation is 1. The minimum atomic E-state index is -0.172. The quantitative estimate of drug-likeness (QED) is 0.869. The molecule has 0 aliphatic carbocycles. The lowest BCUT2D eigenvalue weighted by Gasteiger charge is -2.09. The topological polar surface area (TPSA) is 77.2 Å². The van der Waals surface area contributed by atoms with Crippen LogP contribution in [-0.2, 0) is 6.42 Å². The third-order valence-electron chi connectivity index (χ3n) is 2.64. The molecule has 6 nitrogen and oxygen atoms in total. The van der Waals surface area contributed by atoms with Gasteiger partial charge in [0, 0.05) is 19.9 Å². The van der Waals surface area contributed by atoms with Crippen molar-refractivity contribution in [2.24, 2.45) is 0 Å². The predicted octanol–water partition coefficient (Wildman–Crippen LogP) is 1.75. The van der Waals surface area contributed by atoms with Crippen molar-refractivity contribution in [3.63, 3.8) is 0 Å². The van der Waals surface area contributed by atoms with Gasteiger partial charge < -0.3 is 14.6 Å². The Labute approximate surface area is 117 Å². The first-order valence-electron chi connectivity index (χ1n) is 6.50. The Morgan fingerprint density at radius 2 is 2.20 bits per heavy atom. The van der Waals surface area contributed by atoms with Crippen LogP contribution in [0.5, 0.6) is 5.75 Å². The van der Waals surface area contributed by atoms with Crippen LogP contribution in [-0.4, -0.2) is 29.2 Å². The summed E-state index contributed by atoms with van der Waals surface area (Å²) in [6.07, 6.45) is 0.528. The van der Waals surface area contributed by atoms with E-state index in [9.17, 15) is 4.79 Å². The van der Waals surface area contributed by atoms with Crippen molar-refractivity contribution in [2.75, 3.05) is 13.2 Å². The number of nitrogens with zero attached hydrogens (tertiary/aromatic N) is 2. The summed E-state index contributed by atoms with van der Waals surface area (Å²) >= 11 is 0. The van der Waals surface area contributed by atoms with Crippen molar-refractivity contribution in [1.29, 1.82) is 0 Å².